The van der Waals surface area contributed by atoms with Crippen molar-refractivity contribution in [3.63, 3.8) is 0 Å². The van der Waals surface area contributed by atoms with Crippen molar-refractivity contribution in [2.24, 2.45) is 0 Å². The zero-order chi connectivity index (χ0) is 21.7. The van der Waals surface area contributed by atoms with Gasteiger partial charge in [-0.1, -0.05) is 62.0 Å². The van der Waals surface area contributed by atoms with Gasteiger partial charge in [0, 0.05) is 34.1 Å². The number of ketones is 1. The summed E-state index contributed by atoms with van der Waals surface area (Å²) in [4.78, 5) is 26.4. The molecule has 0 saturated carbocycles. The normalized spacial score (nSPS) is 11.5. The van der Waals surface area contributed by atoms with E-state index in [-0.39, 0.29) is 17.4 Å². The van der Waals surface area contributed by atoms with Crippen molar-refractivity contribution in [2.75, 3.05) is 4.90 Å². The lowest BCUT2D eigenvalue weighted by Crippen LogP contribution is -2.28. The van der Waals surface area contributed by atoms with E-state index in [2.05, 4.69) is 25.3 Å². The summed E-state index contributed by atoms with van der Waals surface area (Å²) in [6.07, 6.45) is 0.869. The number of rotatable bonds is 8. The monoisotopic (exact) mass is 399 g/mol. The maximum absolute atomic E-state index is 13.0. The number of carboxylic acid groups (broad SMARTS) is 1. The van der Waals surface area contributed by atoms with Gasteiger partial charge in [0.25, 0.3) is 0 Å². The Morgan fingerprint density at radius 3 is 2.10 bits per heavy atom. The second-order valence-electron chi connectivity index (χ2n) is 7.17. The molecule has 3 aromatic carbocycles. The zero-order valence-electron chi connectivity index (χ0n) is 17.2. The molecular weight excluding hydrogens is 374 g/mol. The van der Waals surface area contributed by atoms with Crippen LogP contribution in [0, 0.1) is 0 Å². The number of aromatic carboxylic acids is 1. The van der Waals surface area contributed by atoms with Gasteiger partial charge < -0.3 is 10.0 Å². The molecule has 0 aliphatic carbocycles. The first-order valence-electron chi connectivity index (χ1n) is 9.94. The molecule has 0 amide bonds. The van der Waals surface area contributed by atoms with Gasteiger partial charge in [-0.15, -0.1) is 0 Å². The van der Waals surface area contributed by atoms with Gasteiger partial charge in [0.1, 0.15) is 0 Å². The minimum absolute atomic E-state index is 0.117. The third-order valence-corrected chi connectivity index (χ3v) is 5.22. The molecule has 1 unspecified atom stereocenters. The van der Waals surface area contributed by atoms with Gasteiger partial charge >= 0.3 is 5.97 Å². The lowest BCUT2D eigenvalue weighted by molar-refractivity contribution is 0.0696. The lowest BCUT2D eigenvalue weighted by atomic mass is 9.95. The van der Waals surface area contributed by atoms with Crippen LogP contribution < -0.4 is 4.90 Å². The van der Waals surface area contributed by atoms with Crippen LogP contribution in [-0.4, -0.2) is 22.9 Å². The van der Waals surface area contributed by atoms with Crippen LogP contribution in [0.1, 0.15) is 46.5 Å². The molecule has 1 atom stereocenters. The molecule has 0 fully saturated rings. The van der Waals surface area contributed by atoms with Gasteiger partial charge in [-0.25, -0.2) is 4.79 Å². The number of anilines is 2. The topological polar surface area (TPSA) is 57.6 Å². The van der Waals surface area contributed by atoms with Gasteiger partial charge in [0.2, 0.25) is 0 Å². The van der Waals surface area contributed by atoms with Crippen LogP contribution >= 0.6 is 0 Å². The fraction of sp³-hybridized carbons (Fsp3) is 0.154. The van der Waals surface area contributed by atoms with Gasteiger partial charge in [-0.2, -0.15) is 0 Å². The predicted molar refractivity (Wildman–Crippen MR) is 122 cm³/mol. The van der Waals surface area contributed by atoms with Crippen molar-refractivity contribution in [2.45, 2.75) is 26.3 Å². The highest BCUT2D eigenvalue weighted by Crippen LogP contribution is 2.35. The van der Waals surface area contributed by atoms with Gasteiger partial charge in [0.15, 0.2) is 5.78 Å². The molecule has 3 aromatic rings. The largest absolute Gasteiger partial charge is 0.478 e. The highest BCUT2D eigenvalue weighted by molar-refractivity contribution is 6.29. The summed E-state index contributed by atoms with van der Waals surface area (Å²) in [6, 6.07) is 23.7. The first kappa shape index (κ1) is 21.1. The van der Waals surface area contributed by atoms with Crippen molar-refractivity contribution >= 4 is 28.7 Å². The first-order chi connectivity index (χ1) is 14.4. The Balaban J connectivity index is 2.06. The number of carbonyl (C=O) groups is 2. The number of para-hydroxylation sites is 1. The highest BCUT2D eigenvalue weighted by atomic mass is 16.4. The molecule has 0 aliphatic rings. The maximum Gasteiger partial charge on any atom is 0.335 e. The fourth-order valence-electron chi connectivity index (χ4n) is 3.40. The van der Waals surface area contributed by atoms with Crippen molar-refractivity contribution < 1.29 is 14.7 Å². The molecule has 0 heterocycles. The van der Waals surface area contributed by atoms with E-state index < -0.39 is 5.97 Å². The Labute approximate surface area is 177 Å². The Morgan fingerprint density at radius 1 is 0.900 bits per heavy atom. The Kier molecular flexibility index (Phi) is 6.48. The third-order valence-electron chi connectivity index (χ3n) is 5.22. The van der Waals surface area contributed by atoms with E-state index in [4.69, 9.17) is 0 Å². The smallest absolute Gasteiger partial charge is 0.335 e. The maximum atomic E-state index is 13.0. The van der Waals surface area contributed by atoms with E-state index in [0.29, 0.717) is 11.1 Å². The van der Waals surface area contributed by atoms with Gasteiger partial charge in [-0.05, 0) is 43.7 Å². The Hall–Kier alpha value is -3.66. The van der Waals surface area contributed by atoms with Crippen molar-refractivity contribution in [1.82, 2.24) is 0 Å². The summed E-state index contributed by atoms with van der Waals surface area (Å²) in [5, 5.41) is 9.21. The van der Waals surface area contributed by atoms with E-state index in [0.717, 1.165) is 23.4 Å². The summed E-state index contributed by atoms with van der Waals surface area (Å²) >= 11 is 0. The Bertz CT molecular complexity index is 1060. The van der Waals surface area contributed by atoms with Gasteiger partial charge in [-0.3, -0.25) is 4.79 Å². The molecule has 0 saturated heterocycles. The average molecular weight is 399 g/mol. The van der Waals surface area contributed by atoms with Crippen LogP contribution in [0.25, 0.3) is 5.57 Å². The molecule has 1 N–H and O–H groups in total. The van der Waals surface area contributed by atoms with Crippen LogP contribution in [0.5, 0.6) is 0 Å². The fourth-order valence-corrected chi connectivity index (χ4v) is 3.40. The van der Waals surface area contributed by atoms with Crippen LogP contribution in [0.2, 0.25) is 0 Å². The first-order valence-corrected chi connectivity index (χ1v) is 9.94. The summed E-state index contributed by atoms with van der Waals surface area (Å²) in [5.74, 6) is -1.08. The van der Waals surface area contributed by atoms with Crippen LogP contribution in [0.3, 0.4) is 0 Å². The molecule has 0 spiro atoms. The lowest BCUT2D eigenvalue weighted by Gasteiger charge is -2.33. The molecule has 0 aromatic heterocycles. The molecule has 4 heteroatoms. The van der Waals surface area contributed by atoms with Gasteiger partial charge in [0.05, 0.1) is 5.56 Å². The molecular formula is C26H25NO3. The van der Waals surface area contributed by atoms with E-state index >= 15 is 0 Å². The minimum atomic E-state index is -0.959. The van der Waals surface area contributed by atoms with Crippen LogP contribution in [-0.2, 0) is 0 Å². The highest BCUT2D eigenvalue weighted by Gasteiger charge is 2.22. The van der Waals surface area contributed by atoms with E-state index in [1.54, 1.807) is 36.4 Å². The summed E-state index contributed by atoms with van der Waals surface area (Å²) in [7, 11) is 0. The molecule has 0 aliphatic heterocycles. The second kappa shape index (κ2) is 9.23. The van der Waals surface area contributed by atoms with E-state index in [9.17, 15) is 14.7 Å². The number of hydrogen-bond acceptors (Lipinski definition) is 3. The number of hydrogen-bond donors (Lipinski definition) is 1. The molecule has 0 radical (unpaired) electrons. The molecule has 30 heavy (non-hydrogen) atoms. The van der Waals surface area contributed by atoms with E-state index in [1.165, 1.54) is 0 Å². The number of Topliss-reactive ketones (excluding diaryl/α,β-unsaturated/α-hetero) is 1. The molecule has 4 nitrogen and oxygen atoms in total. The quantitative estimate of drug-likeness (QED) is 0.361. The third kappa shape index (κ3) is 4.33. The zero-order valence-corrected chi connectivity index (χ0v) is 17.2. The minimum Gasteiger partial charge on any atom is -0.478 e. The molecule has 3 rings (SSSR count). The predicted octanol–water partition coefficient (Wildman–Crippen LogP) is 6.22. The number of carbonyl (C=O) groups excluding carboxylic acids is 1. The number of carboxylic acids is 1. The van der Waals surface area contributed by atoms with Crippen LogP contribution in [0.4, 0.5) is 11.4 Å². The number of nitrogens with zero attached hydrogens (tertiary/aromatic N) is 1. The van der Waals surface area contributed by atoms with Crippen molar-refractivity contribution in [1.29, 1.82) is 0 Å². The molecule has 152 valence electrons. The SMILES string of the molecule is C=C(C(=O)c1ccccc1)c1ccccc1N(c1ccc(C(=O)O)cc1)C(C)CC. The van der Waals surface area contributed by atoms with Crippen molar-refractivity contribution in [3.8, 4) is 0 Å². The average Bonchev–Trinajstić information content (AvgIpc) is 2.79. The number of benzene rings is 3. The summed E-state index contributed by atoms with van der Waals surface area (Å²) in [6.45, 7) is 8.30. The molecule has 0 bridgehead atoms. The standard InChI is InChI=1S/C26H25NO3/c1-4-18(2)27(22-16-14-21(15-17-22)26(29)30)24-13-9-8-12-23(24)19(3)25(28)20-10-6-5-7-11-20/h5-18H,3-4H2,1-2H3,(H,29,30). The summed E-state index contributed by atoms with van der Waals surface area (Å²) < 4.78 is 0. The summed E-state index contributed by atoms with van der Waals surface area (Å²) in [5.41, 5.74) is 3.74. The number of allylic oxidation sites excluding steroid dienone is 1. The second-order valence-corrected chi connectivity index (χ2v) is 7.17. The Morgan fingerprint density at radius 2 is 1.50 bits per heavy atom. The van der Waals surface area contributed by atoms with Crippen LogP contribution in [0.15, 0.2) is 85.4 Å². The van der Waals surface area contributed by atoms with E-state index in [1.807, 2.05) is 42.5 Å². The van der Waals surface area contributed by atoms with Crippen molar-refractivity contribution in [3.05, 3.63) is 102 Å².